The van der Waals surface area contributed by atoms with Crippen molar-refractivity contribution in [1.82, 2.24) is 15.1 Å². The summed E-state index contributed by atoms with van der Waals surface area (Å²) in [6, 6.07) is 0. The Morgan fingerprint density at radius 1 is 1.60 bits per heavy atom. The molecular formula is C11H19N3O. The van der Waals surface area contributed by atoms with Gasteiger partial charge in [0.15, 0.2) is 5.75 Å². The van der Waals surface area contributed by atoms with Crippen LogP contribution in [0.3, 0.4) is 0 Å². The summed E-state index contributed by atoms with van der Waals surface area (Å²) in [5.74, 6) is 2.12. The molecule has 84 valence electrons. The zero-order chi connectivity index (χ0) is 10.8. The number of nitrogens with zero attached hydrogens (tertiary/aromatic N) is 2. The second-order valence-electron chi connectivity index (χ2n) is 4.30. The molecule has 0 aromatic carbocycles. The fourth-order valence-electron chi connectivity index (χ4n) is 2.36. The Morgan fingerprint density at radius 3 is 3.07 bits per heavy atom. The largest absolute Gasteiger partial charge is 0.493 e. The van der Waals surface area contributed by atoms with E-state index in [1.165, 1.54) is 12.1 Å². The standard InChI is InChI=1S/C11H19N3O/c1-8-4-5-12-6-9(8)11-10(15-3)7-13-14(11)2/h7-9,12H,4-6H2,1-3H3. The van der Waals surface area contributed by atoms with E-state index >= 15 is 0 Å². The molecule has 0 saturated carbocycles. The van der Waals surface area contributed by atoms with Gasteiger partial charge < -0.3 is 10.1 Å². The minimum Gasteiger partial charge on any atom is -0.493 e. The molecule has 0 spiro atoms. The molecule has 1 fully saturated rings. The van der Waals surface area contributed by atoms with Gasteiger partial charge in [-0.1, -0.05) is 6.92 Å². The van der Waals surface area contributed by atoms with Gasteiger partial charge in [0.1, 0.15) is 0 Å². The molecule has 1 aliphatic rings. The van der Waals surface area contributed by atoms with Crippen molar-refractivity contribution in [3.05, 3.63) is 11.9 Å². The van der Waals surface area contributed by atoms with Gasteiger partial charge in [-0.2, -0.15) is 5.10 Å². The highest BCUT2D eigenvalue weighted by molar-refractivity contribution is 5.29. The summed E-state index contributed by atoms with van der Waals surface area (Å²) in [4.78, 5) is 0. The van der Waals surface area contributed by atoms with Gasteiger partial charge in [0.2, 0.25) is 0 Å². The second kappa shape index (κ2) is 4.23. The van der Waals surface area contributed by atoms with E-state index in [9.17, 15) is 0 Å². The normalized spacial score (nSPS) is 26.6. The first-order chi connectivity index (χ1) is 7.24. The Bertz CT molecular complexity index is 335. The molecule has 2 heterocycles. The van der Waals surface area contributed by atoms with E-state index in [2.05, 4.69) is 17.3 Å². The molecule has 0 radical (unpaired) electrons. The number of aryl methyl sites for hydroxylation is 1. The second-order valence-corrected chi connectivity index (χ2v) is 4.30. The molecule has 2 rings (SSSR count). The Balaban J connectivity index is 2.29. The van der Waals surface area contributed by atoms with E-state index in [-0.39, 0.29) is 0 Å². The SMILES string of the molecule is COc1cnn(C)c1C1CNCCC1C. The molecule has 1 aromatic rings. The quantitative estimate of drug-likeness (QED) is 0.794. The van der Waals surface area contributed by atoms with E-state index < -0.39 is 0 Å². The predicted octanol–water partition coefficient (Wildman–Crippen LogP) is 1.14. The average Bonchev–Trinajstić information content (AvgIpc) is 2.60. The van der Waals surface area contributed by atoms with Gasteiger partial charge >= 0.3 is 0 Å². The predicted molar refractivity (Wildman–Crippen MR) is 59.2 cm³/mol. The first kappa shape index (κ1) is 10.5. The fraction of sp³-hybridized carbons (Fsp3) is 0.727. The van der Waals surface area contributed by atoms with E-state index in [4.69, 9.17) is 4.74 Å². The maximum absolute atomic E-state index is 5.36. The average molecular weight is 209 g/mol. The lowest BCUT2D eigenvalue weighted by atomic mass is 9.85. The van der Waals surface area contributed by atoms with Gasteiger partial charge in [-0.25, -0.2) is 0 Å². The molecule has 0 aliphatic carbocycles. The number of rotatable bonds is 2. The summed E-state index contributed by atoms with van der Waals surface area (Å²) in [6.07, 6.45) is 3.02. The first-order valence-corrected chi connectivity index (χ1v) is 5.50. The third kappa shape index (κ3) is 1.86. The van der Waals surface area contributed by atoms with Crippen LogP contribution in [0, 0.1) is 5.92 Å². The van der Waals surface area contributed by atoms with Crippen molar-refractivity contribution in [3.8, 4) is 5.75 Å². The number of hydrogen-bond donors (Lipinski definition) is 1. The van der Waals surface area contributed by atoms with Crippen molar-refractivity contribution in [1.29, 1.82) is 0 Å². The van der Waals surface area contributed by atoms with Crippen LogP contribution >= 0.6 is 0 Å². The van der Waals surface area contributed by atoms with Crippen LogP contribution < -0.4 is 10.1 Å². The molecule has 15 heavy (non-hydrogen) atoms. The molecule has 2 atom stereocenters. The van der Waals surface area contributed by atoms with Gasteiger partial charge in [0.25, 0.3) is 0 Å². The Hall–Kier alpha value is -1.03. The van der Waals surface area contributed by atoms with Gasteiger partial charge in [-0.05, 0) is 18.9 Å². The minimum atomic E-state index is 0.515. The van der Waals surface area contributed by atoms with Gasteiger partial charge in [0, 0.05) is 19.5 Å². The number of hydrogen-bond acceptors (Lipinski definition) is 3. The summed E-state index contributed by atoms with van der Waals surface area (Å²) in [6.45, 7) is 4.45. The topological polar surface area (TPSA) is 39.1 Å². The van der Waals surface area contributed by atoms with Crippen molar-refractivity contribution >= 4 is 0 Å². The van der Waals surface area contributed by atoms with Crippen molar-refractivity contribution in [2.75, 3.05) is 20.2 Å². The maximum atomic E-state index is 5.36. The van der Waals surface area contributed by atoms with E-state index in [0.717, 1.165) is 18.8 Å². The number of methoxy groups -OCH3 is 1. The summed E-state index contributed by atoms with van der Waals surface area (Å²) >= 11 is 0. The van der Waals surface area contributed by atoms with E-state index in [0.29, 0.717) is 11.8 Å². The van der Waals surface area contributed by atoms with Crippen molar-refractivity contribution in [2.24, 2.45) is 13.0 Å². The van der Waals surface area contributed by atoms with Crippen LogP contribution in [-0.2, 0) is 7.05 Å². The van der Waals surface area contributed by atoms with Crippen LogP contribution in [0.5, 0.6) is 5.75 Å². The Kier molecular flexibility index (Phi) is 2.95. The Morgan fingerprint density at radius 2 is 2.40 bits per heavy atom. The number of ether oxygens (including phenoxy) is 1. The number of piperidine rings is 1. The smallest absolute Gasteiger partial charge is 0.160 e. The third-order valence-electron chi connectivity index (χ3n) is 3.35. The minimum absolute atomic E-state index is 0.515. The molecule has 1 saturated heterocycles. The van der Waals surface area contributed by atoms with Crippen molar-refractivity contribution in [2.45, 2.75) is 19.3 Å². The zero-order valence-electron chi connectivity index (χ0n) is 9.66. The van der Waals surface area contributed by atoms with E-state index in [1.54, 1.807) is 13.3 Å². The monoisotopic (exact) mass is 209 g/mol. The summed E-state index contributed by atoms with van der Waals surface area (Å²) < 4.78 is 7.29. The lowest BCUT2D eigenvalue weighted by Crippen LogP contribution is -2.35. The summed E-state index contributed by atoms with van der Waals surface area (Å²) in [5.41, 5.74) is 1.22. The van der Waals surface area contributed by atoms with Gasteiger partial charge in [-0.3, -0.25) is 4.68 Å². The third-order valence-corrected chi connectivity index (χ3v) is 3.35. The van der Waals surface area contributed by atoms with Crippen LogP contribution in [-0.4, -0.2) is 30.0 Å². The van der Waals surface area contributed by atoms with E-state index in [1.807, 2.05) is 11.7 Å². The molecule has 0 amide bonds. The van der Waals surface area contributed by atoms with Crippen molar-refractivity contribution in [3.63, 3.8) is 0 Å². The van der Waals surface area contributed by atoms with Gasteiger partial charge in [-0.15, -0.1) is 0 Å². The zero-order valence-corrected chi connectivity index (χ0v) is 9.66. The Labute approximate surface area is 90.6 Å². The lowest BCUT2D eigenvalue weighted by Gasteiger charge is -2.30. The van der Waals surface area contributed by atoms with Crippen molar-refractivity contribution < 1.29 is 4.74 Å². The molecule has 2 unspecified atom stereocenters. The van der Waals surface area contributed by atoms with Crippen LogP contribution in [0.2, 0.25) is 0 Å². The lowest BCUT2D eigenvalue weighted by molar-refractivity contribution is 0.321. The molecule has 1 aromatic heterocycles. The van der Waals surface area contributed by atoms with Crippen LogP contribution in [0.15, 0.2) is 6.20 Å². The van der Waals surface area contributed by atoms with Crippen LogP contribution in [0.1, 0.15) is 25.0 Å². The molecule has 0 bridgehead atoms. The molecular weight excluding hydrogens is 190 g/mol. The number of aromatic nitrogens is 2. The summed E-state index contributed by atoms with van der Waals surface area (Å²) in [5, 5.41) is 7.70. The molecule has 4 heteroatoms. The van der Waals surface area contributed by atoms with Gasteiger partial charge in [0.05, 0.1) is 19.0 Å². The van der Waals surface area contributed by atoms with Crippen LogP contribution in [0.4, 0.5) is 0 Å². The first-order valence-electron chi connectivity index (χ1n) is 5.50. The molecule has 4 nitrogen and oxygen atoms in total. The highest BCUT2D eigenvalue weighted by Gasteiger charge is 2.28. The summed E-state index contributed by atoms with van der Waals surface area (Å²) in [7, 11) is 3.70. The van der Waals surface area contributed by atoms with Crippen LogP contribution in [0.25, 0.3) is 0 Å². The number of nitrogens with one attached hydrogen (secondary N) is 1. The molecule has 1 aliphatic heterocycles. The highest BCUT2D eigenvalue weighted by Crippen LogP contribution is 2.34. The highest BCUT2D eigenvalue weighted by atomic mass is 16.5. The molecule has 1 N–H and O–H groups in total. The fourth-order valence-corrected chi connectivity index (χ4v) is 2.36. The maximum Gasteiger partial charge on any atom is 0.160 e.